The Morgan fingerprint density at radius 2 is 1.82 bits per heavy atom. The van der Waals surface area contributed by atoms with Crippen molar-refractivity contribution >= 4 is 17.5 Å². The third kappa shape index (κ3) is 5.41. The van der Waals surface area contributed by atoms with Gasteiger partial charge in [0.15, 0.2) is 0 Å². The van der Waals surface area contributed by atoms with E-state index >= 15 is 0 Å². The second-order valence-electron chi connectivity index (χ2n) is 6.20. The molecule has 0 saturated carbocycles. The van der Waals surface area contributed by atoms with E-state index in [-0.39, 0.29) is 18.2 Å². The van der Waals surface area contributed by atoms with Crippen LogP contribution in [0.2, 0.25) is 0 Å². The van der Waals surface area contributed by atoms with Gasteiger partial charge in [0.2, 0.25) is 5.91 Å². The van der Waals surface area contributed by atoms with Crippen molar-refractivity contribution in [2.24, 2.45) is 0 Å². The van der Waals surface area contributed by atoms with Crippen molar-refractivity contribution in [3.63, 3.8) is 0 Å². The van der Waals surface area contributed by atoms with Crippen LogP contribution in [0.25, 0.3) is 0 Å². The number of aromatic nitrogens is 1. The topological polar surface area (TPSA) is 80.3 Å². The summed E-state index contributed by atoms with van der Waals surface area (Å²) >= 11 is 0. The Bertz CT molecular complexity index is 958. The van der Waals surface area contributed by atoms with Crippen molar-refractivity contribution in [2.75, 3.05) is 12.4 Å². The van der Waals surface area contributed by atoms with Crippen LogP contribution < -0.4 is 15.4 Å². The molecule has 3 aromatic rings. The predicted octanol–water partition coefficient (Wildman–Crippen LogP) is 3.20. The number of hydrogen-bond acceptors (Lipinski definition) is 4. The summed E-state index contributed by atoms with van der Waals surface area (Å²) in [5, 5.41) is 5.73. The molecule has 0 spiro atoms. The summed E-state index contributed by atoms with van der Waals surface area (Å²) in [6, 6.07) is 18.2. The van der Waals surface area contributed by atoms with Crippen LogP contribution in [0.5, 0.6) is 5.75 Å². The van der Waals surface area contributed by atoms with Crippen LogP contribution in [-0.2, 0) is 17.8 Å². The summed E-state index contributed by atoms with van der Waals surface area (Å²) in [5.41, 5.74) is 2.92. The zero-order valence-corrected chi connectivity index (χ0v) is 15.5. The van der Waals surface area contributed by atoms with Crippen molar-refractivity contribution in [3.8, 4) is 5.75 Å². The number of anilines is 1. The number of pyridine rings is 1. The second-order valence-corrected chi connectivity index (χ2v) is 6.20. The highest BCUT2D eigenvalue weighted by Gasteiger charge is 2.07. The van der Waals surface area contributed by atoms with E-state index in [9.17, 15) is 9.59 Å². The molecule has 0 unspecified atom stereocenters. The fraction of sp³-hybridized carbons (Fsp3) is 0.136. The van der Waals surface area contributed by atoms with Crippen molar-refractivity contribution in [1.82, 2.24) is 10.3 Å². The highest BCUT2D eigenvalue weighted by Crippen LogP contribution is 2.14. The third-order valence-electron chi connectivity index (χ3n) is 4.10. The zero-order valence-electron chi connectivity index (χ0n) is 15.5. The number of hydrogen-bond donors (Lipinski definition) is 2. The van der Waals surface area contributed by atoms with Crippen LogP contribution in [0.15, 0.2) is 73.1 Å². The Kier molecular flexibility index (Phi) is 6.36. The Morgan fingerprint density at radius 1 is 1.00 bits per heavy atom. The molecule has 0 saturated heterocycles. The van der Waals surface area contributed by atoms with Crippen LogP contribution in [0, 0.1) is 0 Å². The maximum Gasteiger partial charge on any atom is 0.257 e. The molecule has 6 heteroatoms. The Labute approximate surface area is 163 Å². The number of carbonyl (C=O) groups excluding carboxylic acids is 2. The Morgan fingerprint density at radius 3 is 2.61 bits per heavy atom. The van der Waals surface area contributed by atoms with Crippen molar-refractivity contribution in [1.29, 1.82) is 0 Å². The number of benzene rings is 2. The lowest BCUT2D eigenvalue weighted by Gasteiger charge is -2.09. The molecule has 0 radical (unpaired) electrons. The van der Waals surface area contributed by atoms with Gasteiger partial charge < -0.3 is 15.4 Å². The molecule has 1 heterocycles. The molecule has 2 N–H and O–H groups in total. The molecule has 28 heavy (non-hydrogen) atoms. The molecule has 0 fully saturated rings. The van der Waals surface area contributed by atoms with Gasteiger partial charge in [0.25, 0.3) is 5.91 Å². The highest BCUT2D eigenvalue weighted by atomic mass is 16.5. The van der Waals surface area contributed by atoms with E-state index in [2.05, 4.69) is 15.6 Å². The van der Waals surface area contributed by atoms with Gasteiger partial charge in [-0.1, -0.05) is 24.3 Å². The van der Waals surface area contributed by atoms with E-state index in [1.54, 1.807) is 31.5 Å². The first kappa shape index (κ1) is 19.1. The van der Waals surface area contributed by atoms with E-state index in [0.29, 0.717) is 17.8 Å². The van der Waals surface area contributed by atoms with Crippen LogP contribution in [0.3, 0.4) is 0 Å². The standard InChI is InChI=1S/C22H21N3O3/c1-28-20-9-3-5-16(12-20)13-21(26)24-14-17-6-2-8-19(11-17)25-22(27)18-7-4-10-23-15-18/h2-12,15H,13-14H2,1H3,(H,24,26)(H,25,27). The molecular weight excluding hydrogens is 354 g/mol. The van der Waals surface area contributed by atoms with Gasteiger partial charge in [-0.3, -0.25) is 14.6 Å². The lowest BCUT2D eigenvalue weighted by molar-refractivity contribution is -0.120. The van der Waals surface area contributed by atoms with E-state index in [1.807, 2.05) is 42.5 Å². The first-order valence-corrected chi connectivity index (χ1v) is 8.84. The van der Waals surface area contributed by atoms with E-state index in [1.165, 1.54) is 6.20 Å². The average Bonchev–Trinajstić information content (AvgIpc) is 2.73. The van der Waals surface area contributed by atoms with Gasteiger partial charge in [0.05, 0.1) is 19.1 Å². The lowest BCUT2D eigenvalue weighted by Crippen LogP contribution is -2.24. The Hall–Kier alpha value is -3.67. The number of rotatable bonds is 7. The van der Waals surface area contributed by atoms with Crippen molar-refractivity contribution < 1.29 is 14.3 Å². The number of ether oxygens (including phenoxy) is 1. The largest absolute Gasteiger partial charge is 0.497 e. The van der Waals surface area contributed by atoms with Gasteiger partial charge in [-0.25, -0.2) is 0 Å². The van der Waals surface area contributed by atoms with Gasteiger partial charge in [0.1, 0.15) is 5.75 Å². The summed E-state index contributed by atoms with van der Waals surface area (Å²) in [5.74, 6) is 0.410. The minimum Gasteiger partial charge on any atom is -0.497 e. The van der Waals surface area contributed by atoms with Gasteiger partial charge in [-0.15, -0.1) is 0 Å². The zero-order chi connectivity index (χ0) is 19.8. The summed E-state index contributed by atoms with van der Waals surface area (Å²) < 4.78 is 5.17. The normalized spacial score (nSPS) is 10.2. The van der Waals surface area contributed by atoms with Gasteiger partial charge >= 0.3 is 0 Å². The Balaban J connectivity index is 1.55. The molecule has 0 aliphatic rings. The molecule has 1 aromatic heterocycles. The highest BCUT2D eigenvalue weighted by molar-refractivity contribution is 6.04. The van der Waals surface area contributed by atoms with Gasteiger partial charge in [0, 0.05) is 24.6 Å². The first-order chi connectivity index (χ1) is 13.6. The lowest BCUT2D eigenvalue weighted by atomic mass is 10.1. The molecule has 0 aliphatic heterocycles. The average molecular weight is 375 g/mol. The SMILES string of the molecule is COc1cccc(CC(=O)NCc2cccc(NC(=O)c3cccnc3)c2)c1. The van der Waals surface area contributed by atoms with Crippen LogP contribution in [-0.4, -0.2) is 23.9 Å². The molecule has 142 valence electrons. The molecule has 6 nitrogen and oxygen atoms in total. The van der Waals surface area contributed by atoms with Gasteiger partial charge in [-0.2, -0.15) is 0 Å². The summed E-state index contributed by atoms with van der Waals surface area (Å²) in [6.07, 6.45) is 3.40. The summed E-state index contributed by atoms with van der Waals surface area (Å²) in [4.78, 5) is 28.4. The summed E-state index contributed by atoms with van der Waals surface area (Å²) in [7, 11) is 1.60. The van der Waals surface area contributed by atoms with E-state index < -0.39 is 0 Å². The number of carbonyl (C=O) groups is 2. The van der Waals surface area contributed by atoms with Crippen LogP contribution in [0.1, 0.15) is 21.5 Å². The number of amides is 2. The third-order valence-corrected chi connectivity index (χ3v) is 4.10. The molecule has 2 amide bonds. The summed E-state index contributed by atoms with van der Waals surface area (Å²) in [6.45, 7) is 0.374. The van der Waals surface area contributed by atoms with Crippen LogP contribution >= 0.6 is 0 Å². The molecule has 3 rings (SSSR count). The number of nitrogens with one attached hydrogen (secondary N) is 2. The maximum atomic E-state index is 12.2. The molecule has 0 atom stereocenters. The minimum atomic E-state index is -0.229. The number of nitrogens with zero attached hydrogens (tertiary/aromatic N) is 1. The van der Waals surface area contributed by atoms with E-state index in [4.69, 9.17) is 4.74 Å². The maximum absolute atomic E-state index is 12.2. The monoisotopic (exact) mass is 375 g/mol. The fourth-order valence-electron chi connectivity index (χ4n) is 2.69. The number of methoxy groups -OCH3 is 1. The molecular formula is C22H21N3O3. The predicted molar refractivity (Wildman–Crippen MR) is 107 cm³/mol. The minimum absolute atomic E-state index is 0.0851. The molecule has 0 aliphatic carbocycles. The quantitative estimate of drug-likeness (QED) is 0.665. The van der Waals surface area contributed by atoms with Crippen molar-refractivity contribution in [2.45, 2.75) is 13.0 Å². The molecule has 0 bridgehead atoms. The van der Waals surface area contributed by atoms with Gasteiger partial charge in [-0.05, 0) is 47.5 Å². The fourth-order valence-corrected chi connectivity index (χ4v) is 2.69. The van der Waals surface area contributed by atoms with E-state index in [0.717, 1.165) is 16.9 Å². The molecule has 2 aromatic carbocycles. The smallest absolute Gasteiger partial charge is 0.257 e. The van der Waals surface area contributed by atoms with Crippen molar-refractivity contribution in [3.05, 3.63) is 89.7 Å². The second kappa shape index (κ2) is 9.32. The van der Waals surface area contributed by atoms with Crippen LogP contribution in [0.4, 0.5) is 5.69 Å². The first-order valence-electron chi connectivity index (χ1n) is 8.84.